The van der Waals surface area contributed by atoms with Crippen molar-refractivity contribution in [2.75, 3.05) is 13.2 Å². The molecule has 4 rings (SSSR count). The second-order valence-corrected chi connectivity index (χ2v) is 6.41. The van der Waals surface area contributed by atoms with Gasteiger partial charge in [0, 0.05) is 11.6 Å². The van der Waals surface area contributed by atoms with Crippen LogP contribution in [0, 0.1) is 5.92 Å². The maximum absolute atomic E-state index is 12.6. The van der Waals surface area contributed by atoms with Crippen molar-refractivity contribution < 1.29 is 28.6 Å². The Labute approximate surface area is 149 Å². The van der Waals surface area contributed by atoms with Crippen LogP contribution in [0.15, 0.2) is 29.0 Å². The third kappa shape index (κ3) is 3.10. The fourth-order valence-electron chi connectivity index (χ4n) is 3.39. The molecule has 1 aromatic carbocycles. The van der Waals surface area contributed by atoms with Gasteiger partial charge in [0.15, 0.2) is 29.3 Å². The molecule has 0 radical (unpaired) electrons. The summed E-state index contributed by atoms with van der Waals surface area (Å²) in [5.41, 5.74) is 0.826. The van der Waals surface area contributed by atoms with Crippen LogP contribution in [0.25, 0.3) is 11.3 Å². The number of oxazole rings is 1. The number of hydrogen-bond donors (Lipinski definition) is 2. The zero-order valence-electron chi connectivity index (χ0n) is 13.9. The van der Waals surface area contributed by atoms with Gasteiger partial charge < -0.3 is 24.3 Å². The van der Waals surface area contributed by atoms with E-state index in [0.717, 1.165) is 0 Å². The molecule has 2 N–H and O–H groups in total. The molecule has 26 heavy (non-hydrogen) atoms. The molecule has 1 fully saturated rings. The van der Waals surface area contributed by atoms with E-state index in [1.807, 2.05) is 0 Å². The molecular formula is C18H18N2O6. The predicted molar refractivity (Wildman–Crippen MR) is 89.2 cm³/mol. The molecule has 2 atom stereocenters. The maximum Gasteiger partial charge on any atom is 0.306 e. The van der Waals surface area contributed by atoms with E-state index in [1.54, 1.807) is 18.2 Å². The van der Waals surface area contributed by atoms with E-state index in [9.17, 15) is 9.59 Å². The molecule has 1 aliphatic heterocycles. The summed E-state index contributed by atoms with van der Waals surface area (Å²) in [6, 6.07) is 5.12. The number of nitrogens with zero attached hydrogens (tertiary/aromatic N) is 1. The van der Waals surface area contributed by atoms with Gasteiger partial charge in [-0.3, -0.25) is 9.59 Å². The fraction of sp³-hybridized carbons (Fsp3) is 0.389. The molecule has 2 heterocycles. The highest BCUT2D eigenvalue weighted by atomic mass is 16.6. The van der Waals surface area contributed by atoms with Crippen LogP contribution in [-0.2, 0) is 4.79 Å². The summed E-state index contributed by atoms with van der Waals surface area (Å²) < 4.78 is 16.5. The van der Waals surface area contributed by atoms with Crippen molar-refractivity contribution in [1.29, 1.82) is 0 Å². The minimum atomic E-state index is -0.819. The lowest BCUT2D eigenvalue weighted by atomic mass is 10.1. The van der Waals surface area contributed by atoms with Crippen molar-refractivity contribution in [2.24, 2.45) is 5.92 Å². The Bertz CT molecular complexity index is 846. The van der Waals surface area contributed by atoms with Gasteiger partial charge in [-0.15, -0.1) is 0 Å². The average molecular weight is 358 g/mol. The quantitative estimate of drug-likeness (QED) is 0.861. The van der Waals surface area contributed by atoms with Gasteiger partial charge in [-0.2, -0.15) is 0 Å². The highest BCUT2D eigenvalue weighted by molar-refractivity contribution is 5.98. The van der Waals surface area contributed by atoms with Crippen LogP contribution in [0.3, 0.4) is 0 Å². The van der Waals surface area contributed by atoms with Crippen molar-refractivity contribution in [3.63, 3.8) is 0 Å². The summed E-state index contributed by atoms with van der Waals surface area (Å²) in [5, 5.41) is 11.9. The Morgan fingerprint density at radius 3 is 2.73 bits per heavy atom. The topological polar surface area (TPSA) is 111 Å². The van der Waals surface area contributed by atoms with Crippen molar-refractivity contribution >= 4 is 11.9 Å². The second-order valence-electron chi connectivity index (χ2n) is 6.41. The molecule has 0 bridgehead atoms. The van der Waals surface area contributed by atoms with Crippen molar-refractivity contribution in [1.82, 2.24) is 10.3 Å². The SMILES string of the molecule is O=C(N[C@@H]1CC[C@H](C(=O)O)C1)c1ncoc1-c1ccc2c(c1)OCCO2. The summed E-state index contributed by atoms with van der Waals surface area (Å²) >= 11 is 0. The number of amides is 1. The van der Waals surface area contributed by atoms with E-state index in [2.05, 4.69) is 10.3 Å². The van der Waals surface area contributed by atoms with Crippen molar-refractivity contribution in [3.8, 4) is 22.8 Å². The van der Waals surface area contributed by atoms with Gasteiger partial charge >= 0.3 is 5.97 Å². The molecule has 8 heteroatoms. The van der Waals surface area contributed by atoms with Gasteiger partial charge in [0.1, 0.15) is 13.2 Å². The van der Waals surface area contributed by atoms with Crippen LogP contribution in [0.1, 0.15) is 29.8 Å². The number of ether oxygens (including phenoxy) is 2. The highest BCUT2D eigenvalue weighted by Gasteiger charge is 2.32. The van der Waals surface area contributed by atoms with Crippen LogP contribution < -0.4 is 14.8 Å². The summed E-state index contributed by atoms with van der Waals surface area (Å²) in [7, 11) is 0. The summed E-state index contributed by atoms with van der Waals surface area (Å²) in [5.74, 6) is -0.0188. The molecule has 1 amide bonds. The number of nitrogens with one attached hydrogen (secondary N) is 1. The number of fused-ring (bicyclic) bond motifs is 1. The first-order valence-electron chi connectivity index (χ1n) is 8.49. The number of benzene rings is 1. The van der Waals surface area contributed by atoms with E-state index in [-0.39, 0.29) is 17.6 Å². The number of carboxylic acids is 1. The molecule has 2 aromatic rings. The maximum atomic E-state index is 12.6. The number of aliphatic carboxylic acids is 1. The average Bonchev–Trinajstić information content (AvgIpc) is 3.30. The number of carboxylic acid groups (broad SMARTS) is 1. The van der Waals surface area contributed by atoms with Gasteiger partial charge in [-0.1, -0.05) is 0 Å². The van der Waals surface area contributed by atoms with Crippen LogP contribution in [0.4, 0.5) is 0 Å². The van der Waals surface area contributed by atoms with E-state index in [1.165, 1.54) is 6.39 Å². The smallest absolute Gasteiger partial charge is 0.306 e. The molecule has 8 nitrogen and oxygen atoms in total. The van der Waals surface area contributed by atoms with Crippen LogP contribution in [0.2, 0.25) is 0 Å². The van der Waals surface area contributed by atoms with E-state index >= 15 is 0 Å². The van der Waals surface area contributed by atoms with Gasteiger partial charge in [-0.05, 0) is 37.5 Å². The Morgan fingerprint density at radius 2 is 1.96 bits per heavy atom. The molecule has 1 aliphatic carbocycles. The van der Waals surface area contributed by atoms with Crippen molar-refractivity contribution in [2.45, 2.75) is 25.3 Å². The lowest BCUT2D eigenvalue weighted by molar-refractivity contribution is -0.141. The predicted octanol–water partition coefficient (Wildman–Crippen LogP) is 2.10. The van der Waals surface area contributed by atoms with E-state index < -0.39 is 11.9 Å². The number of hydrogen-bond acceptors (Lipinski definition) is 6. The normalized spacial score (nSPS) is 21.4. The minimum Gasteiger partial charge on any atom is -0.486 e. The number of carbonyl (C=O) groups is 2. The molecule has 0 spiro atoms. The Kier molecular flexibility index (Phi) is 4.24. The first-order valence-corrected chi connectivity index (χ1v) is 8.49. The molecular weight excluding hydrogens is 340 g/mol. The van der Waals surface area contributed by atoms with Gasteiger partial charge in [0.25, 0.3) is 5.91 Å². The minimum absolute atomic E-state index is 0.167. The van der Waals surface area contributed by atoms with Gasteiger partial charge in [0.2, 0.25) is 0 Å². The number of carbonyl (C=O) groups excluding carboxylic acids is 1. The van der Waals surface area contributed by atoms with Crippen LogP contribution >= 0.6 is 0 Å². The Hall–Kier alpha value is -3.03. The molecule has 1 aromatic heterocycles. The molecule has 0 unspecified atom stereocenters. The lowest BCUT2D eigenvalue weighted by Gasteiger charge is -2.18. The standard InChI is InChI=1S/C18H18N2O6/c21-17(20-12-3-1-11(7-12)18(22)23)15-16(26-9-19-15)10-2-4-13-14(8-10)25-6-5-24-13/h2,4,8-9,11-12H,1,3,5-7H2,(H,20,21)(H,22,23)/t11-,12+/m0/s1. The van der Waals surface area contributed by atoms with Gasteiger partial charge in [-0.25, -0.2) is 4.98 Å². The van der Waals surface area contributed by atoms with E-state index in [4.69, 9.17) is 19.0 Å². The van der Waals surface area contributed by atoms with Crippen LogP contribution in [-0.4, -0.2) is 41.2 Å². The molecule has 136 valence electrons. The zero-order chi connectivity index (χ0) is 18.1. The highest BCUT2D eigenvalue weighted by Crippen LogP contribution is 2.35. The number of aromatic nitrogens is 1. The summed E-state index contributed by atoms with van der Waals surface area (Å²) in [6.45, 7) is 0.966. The molecule has 0 saturated heterocycles. The molecule has 2 aliphatic rings. The van der Waals surface area contributed by atoms with E-state index in [0.29, 0.717) is 55.3 Å². The summed E-state index contributed by atoms with van der Waals surface area (Å²) in [4.78, 5) is 27.7. The second kappa shape index (κ2) is 6.70. The molecule has 1 saturated carbocycles. The zero-order valence-corrected chi connectivity index (χ0v) is 13.9. The monoisotopic (exact) mass is 358 g/mol. The third-order valence-corrected chi connectivity index (χ3v) is 4.70. The third-order valence-electron chi connectivity index (χ3n) is 4.70. The Balaban J connectivity index is 1.52. The first kappa shape index (κ1) is 16.4. The Morgan fingerprint density at radius 1 is 1.15 bits per heavy atom. The lowest BCUT2D eigenvalue weighted by Crippen LogP contribution is -2.33. The summed E-state index contributed by atoms with van der Waals surface area (Å²) in [6.07, 6.45) is 2.85. The van der Waals surface area contributed by atoms with Crippen molar-refractivity contribution in [3.05, 3.63) is 30.3 Å². The number of rotatable bonds is 4. The van der Waals surface area contributed by atoms with Crippen LogP contribution in [0.5, 0.6) is 11.5 Å². The first-order chi connectivity index (χ1) is 12.6. The van der Waals surface area contributed by atoms with Gasteiger partial charge in [0.05, 0.1) is 5.92 Å². The fourth-order valence-corrected chi connectivity index (χ4v) is 3.39. The largest absolute Gasteiger partial charge is 0.486 e.